The van der Waals surface area contributed by atoms with E-state index in [2.05, 4.69) is 0 Å². The van der Waals surface area contributed by atoms with E-state index in [1.165, 1.54) is 4.31 Å². The van der Waals surface area contributed by atoms with E-state index in [9.17, 15) is 13.2 Å². The third-order valence-electron chi connectivity index (χ3n) is 4.39. The summed E-state index contributed by atoms with van der Waals surface area (Å²) >= 11 is 0. The Morgan fingerprint density at radius 2 is 1.30 bits per heavy atom. The van der Waals surface area contributed by atoms with Crippen molar-refractivity contribution >= 4 is 27.9 Å². The van der Waals surface area contributed by atoms with Gasteiger partial charge in [-0.3, -0.25) is 4.79 Å². The molecule has 1 heterocycles. The molecule has 0 atom stereocenters. The minimum atomic E-state index is -3.50. The fourth-order valence-electron chi connectivity index (χ4n) is 2.75. The van der Waals surface area contributed by atoms with E-state index in [1.54, 1.807) is 41.3 Å². The zero-order valence-electron chi connectivity index (χ0n) is 16.3. The molecule has 30 heavy (non-hydrogen) atoms. The standard InChI is InChI=1S/C18H20N2O3S.C2H2O4/c1-15-7-9-17(10-8-15)24(22,23)20-13-11-19(12-14-20)18(21)16-5-3-2-4-6-16;3-1(4)2(5)6/h2-10H,11-14H2,1H3;(H,3,4)(H,5,6). The molecule has 9 nitrogen and oxygen atoms in total. The number of rotatable bonds is 3. The summed E-state index contributed by atoms with van der Waals surface area (Å²) in [7, 11) is -3.50. The van der Waals surface area contributed by atoms with Crippen LogP contribution in [0.25, 0.3) is 0 Å². The monoisotopic (exact) mass is 434 g/mol. The topological polar surface area (TPSA) is 132 Å². The number of carbonyl (C=O) groups is 3. The van der Waals surface area contributed by atoms with Crippen LogP contribution in [0.2, 0.25) is 0 Å². The molecular weight excluding hydrogens is 412 g/mol. The van der Waals surface area contributed by atoms with Crippen molar-refractivity contribution in [1.29, 1.82) is 0 Å². The number of hydrogen-bond acceptors (Lipinski definition) is 5. The molecule has 1 fully saturated rings. The van der Waals surface area contributed by atoms with E-state index in [0.717, 1.165) is 5.56 Å². The van der Waals surface area contributed by atoms with Gasteiger partial charge in [-0.15, -0.1) is 0 Å². The average molecular weight is 434 g/mol. The predicted octanol–water partition coefficient (Wildman–Crippen LogP) is 1.30. The van der Waals surface area contributed by atoms with Crippen LogP contribution in [-0.2, 0) is 19.6 Å². The molecule has 0 saturated carbocycles. The van der Waals surface area contributed by atoms with Crippen LogP contribution in [0, 0.1) is 6.92 Å². The van der Waals surface area contributed by atoms with Crippen molar-refractivity contribution in [2.24, 2.45) is 0 Å². The third-order valence-corrected chi connectivity index (χ3v) is 6.30. The van der Waals surface area contributed by atoms with Gasteiger partial charge in [-0.05, 0) is 31.2 Å². The highest BCUT2D eigenvalue weighted by Crippen LogP contribution is 2.19. The highest BCUT2D eigenvalue weighted by Gasteiger charge is 2.30. The number of benzene rings is 2. The fourth-order valence-corrected chi connectivity index (χ4v) is 4.18. The molecule has 0 aromatic heterocycles. The maximum atomic E-state index is 12.7. The molecule has 160 valence electrons. The highest BCUT2D eigenvalue weighted by molar-refractivity contribution is 7.89. The maximum absolute atomic E-state index is 12.7. The minimum Gasteiger partial charge on any atom is -0.473 e. The Morgan fingerprint density at radius 1 is 0.800 bits per heavy atom. The van der Waals surface area contributed by atoms with Crippen LogP contribution in [0.5, 0.6) is 0 Å². The number of aryl methyl sites for hydroxylation is 1. The van der Waals surface area contributed by atoms with Gasteiger partial charge in [0.2, 0.25) is 10.0 Å². The third kappa shape index (κ3) is 5.88. The zero-order valence-corrected chi connectivity index (χ0v) is 17.1. The highest BCUT2D eigenvalue weighted by atomic mass is 32.2. The second kappa shape index (κ2) is 9.99. The first-order valence-electron chi connectivity index (χ1n) is 9.00. The van der Waals surface area contributed by atoms with E-state index in [1.807, 2.05) is 25.1 Å². The van der Waals surface area contributed by atoms with Crippen LogP contribution < -0.4 is 0 Å². The predicted molar refractivity (Wildman–Crippen MR) is 108 cm³/mol. The van der Waals surface area contributed by atoms with Crippen LogP contribution in [0.4, 0.5) is 0 Å². The molecule has 1 saturated heterocycles. The van der Waals surface area contributed by atoms with Gasteiger partial charge >= 0.3 is 11.9 Å². The largest absolute Gasteiger partial charge is 0.473 e. The molecule has 0 unspecified atom stereocenters. The van der Waals surface area contributed by atoms with Crippen LogP contribution in [0.1, 0.15) is 15.9 Å². The van der Waals surface area contributed by atoms with Gasteiger partial charge in [0.15, 0.2) is 0 Å². The first-order valence-corrected chi connectivity index (χ1v) is 10.4. The van der Waals surface area contributed by atoms with E-state index in [0.29, 0.717) is 36.6 Å². The number of hydrogen-bond donors (Lipinski definition) is 2. The number of carboxylic acid groups (broad SMARTS) is 2. The van der Waals surface area contributed by atoms with Crippen molar-refractivity contribution < 1.29 is 33.0 Å². The lowest BCUT2D eigenvalue weighted by molar-refractivity contribution is -0.159. The van der Waals surface area contributed by atoms with Crippen LogP contribution in [-0.4, -0.2) is 71.9 Å². The van der Waals surface area contributed by atoms with Gasteiger partial charge in [-0.1, -0.05) is 35.9 Å². The lowest BCUT2D eigenvalue weighted by atomic mass is 10.2. The Balaban J connectivity index is 0.000000469. The van der Waals surface area contributed by atoms with Crippen molar-refractivity contribution in [2.45, 2.75) is 11.8 Å². The SMILES string of the molecule is Cc1ccc(S(=O)(=O)N2CCN(C(=O)c3ccccc3)CC2)cc1.O=C(O)C(=O)O. The number of piperazine rings is 1. The van der Waals surface area contributed by atoms with Crippen molar-refractivity contribution in [3.63, 3.8) is 0 Å². The molecule has 3 rings (SSSR count). The molecule has 0 bridgehead atoms. The smallest absolute Gasteiger partial charge is 0.414 e. The second-order valence-corrected chi connectivity index (χ2v) is 8.42. The van der Waals surface area contributed by atoms with Gasteiger partial charge < -0.3 is 15.1 Å². The van der Waals surface area contributed by atoms with E-state index in [4.69, 9.17) is 19.8 Å². The molecule has 1 aliphatic heterocycles. The average Bonchev–Trinajstić information content (AvgIpc) is 2.74. The van der Waals surface area contributed by atoms with Gasteiger partial charge in [0, 0.05) is 31.7 Å². The van der Waals surface area contributed by atoms with Gasteiger partial charge in [-0.2, -0.15) is 4.31 Å². The molecule has 1 amide bonds. The van der Waals surface area contributed by atoms with E-state index >= 15 is 0 Å². The Bertz CT molecular complexity index is 985. The number of carboxylic acids is 2. The summed E-state index contributed by atoms with van der Waals surface area (Å²) in [5.74, 6) is -3.70. The summed E-state index contributed by atoms with van der Waals surface area (Å²) in [5.41, 5.74) is 1.65. The lowest BCUT2D eigenvalue weighted by Crippen LogP contribution is -2.50. The molecule has 10 heteroatoms. The van der Waals surface area contributed by atoms with Crippen LogP contribution in [0.3, 0.4) is 0 Å². The van der Waals surface area contributed by atoms with Gasteiger partial charge in [0.1, 0.15) is 0 Å². The minimum absolute atomic E-state index is 0.0528. The molecule has 2 N–H and O–H groups in total. The fraction of sp³-hybridized carbons (Fsp3) is 0.250. The summed E-state index contributed by atoms with van der Waals surface area (Å²) in [4.78, 5) is 32.6. The summed E-state index contributed by atoms with van der Waals surface area (Å²) in [6.07, 6.45) is 0. The molecular formula is C20H22N2O7S. The van der Waals surface area contributed by atoms with Crippen molar-refractivity contribution in [1.82, 2.24) is 9.21 Å². The number of aliphatic carboxylic acids is 2. The molecule has 2 aromatic rings. The quantitative estimate of drug-likeness (QED) is 0.696. The van der Waals surface area contributed by atoms with E-state index in [-0.39, 0.29) is 5.91 Å². The van der Waals surface area contributed by atoms with Gasteiger partial charge in [-0.25, -0.2) is 18.0 Å². The number of amides is 1. The Kier molecular flexibility index (Phi) is 7.67. The van der Waals surface area contributed by atoms with Crippen LogP contribution >= 0.6 is 0 Å². The summed E-state index contributed by atoms with van der Waals surface area (Å²) in [6, 6.07) is 15.9. The van der Waals surface area contributed by atoms with Crippen molar-refractivity contribution in [3.8, 4) is 0 Å². The summed E-state index contributed by atoms with van der Waals surface area (Å²) < 4.78 is 26.8. The molecule has 0 spiro atoms. The Labute approximate surface area is 174 Å². The second-order valence-electron chi connectivity index (χ2n) is 6.49. The first-order chi connectivity index (χ1) is 14.1. The summed E-state index contributed by atoms with van der Waals surface area (Å²) in [5, 5.41) is 14.8. The lowest BCUT2D eigenvalue weighted by Gasteiger charge is -2.34. The van der Waals surface area contributed by atoms with Gasteiger partial charge in [0.25, 0.3) is 5.91 Å². The number of carbonyl (C=O) groups excluding carboxylic acids is 1. The molecule has 1 aliphatic rings. The summed E-state index contributed by atoms with van der Waals surface area (Å²) in [6.45, 7) is 3.35. The van der Waals surface area contributed by atoms with E-state index < -0.39 is 22.0 Å². The zero-order chi connectivity index (χ0) is 22.3. The normalized spacial score (nSPS) is 14.4. The van der Waals surface area contributed by atoms with Crippen LogP contribution in [0.15, 0.2) is 59.5 Å². The van der Waals surface area contributed by atoms with Crippen molar-refractivity contribution in [2.75, 3.05) is 26.2 Å². The van der Waals surface area contributed by atoms with Gasteiger partial charge in [0.05, 0.1) is 4.90 Å². The maximum Gasteiger partial charge on any atom is 0.414 e. The number of sulfonamides is 1. The first kappa shape index (κ1) is 23.0. The molecule has 0 aliphatic carbocycles. The van der Waals surface area contributed by atoms with Crippen molar-refractivity contribution in [3.05, 3.63) is 65.7 Å². The Hall–Kier alpha value is -3.24. The molecule has 2 aromatic carbocycles. The molecule has 0 radical (unpaired) electrons. The number of nitrogens with zero attached hydrogens (tertiary/aromatic N) is 2. The Morgan fingerprint density at radius 3 is 1.77 bits per heavy atom.